The van der Waals surface area contributed by atoms with Gasteiger partial charge in [-0.15, -0.1) is 4.91 Å². The fourth-order valence-electron chi connectivity index (χ4n) is 3.90. The Morgan fingerprint density at radius 2 is 2.10 bits per heavy atom. The molecule has 162 valence electrons. The maximum Gasteiger partial charge on any atom is 0.128 e. The van der Waals surface area contributed by atoms with Crippen LogP contribution in [0.15, 0.2) is 58.4 Å². The Morgan fingerprint density at radius 1 is 1.30 bits per heavy atom. The van der Waals surface area contributed by atoms with Crippen molar-refractivity contribution < 1.29 is 18.9 Å². The van der Waals surface area contributed by atoms with Crippen LogP contribution in [0.4, 0.5) is 5.69 Å². The van der Waals surface area contributed by atoms with Gasteiger partial charge < -0.3 is 18.9 Å². The third-order valence-electron chi connectivity index (χ3n) is 5.62. The van der Waals surface area contributed by atoms with Crippen LogP contribution in [0, 0.1) is 4.91 Å². The van der Waals surface area contributed by atoms with Crippen LogP contribution in [-0.2, 0) is 14.2 Å². The predicted octanol–water partition coefficient (Wildman–Crippen LogP) is 6.26. The molecule has 1 aromatic carbocycles. The van der Waals surface area contributed by atoms with Gasteiger partial charge in [0.15, 0.2) is 0 Å². The summed E-state index contributed by atoms with van der Waals surface area (Å²) in [7, 11) is 1.65. The predicted molar refractivity (Wildman–Crippen MR) is 117 cm³/mol. The summed E-state index contributed by atoms with van der Waals surface area (Å²) in [4.78, 5) is 11.5. The van der Waals surface area contributed by atoms with E-state index in [1.807, 2.05) is 25.1 Å². The van der Waals surface area contributed by atoms with Crippen molar-refractivity contribution in [2.24, 2.45) is 5.18 Å². The maximum atomic E-state index is 11.5. The highest BCUT2D eigenvalue weighted by Gasteiger charge is 2.31. The summed E-state index contributed by atoms with van der Waals surface area (Å²) in [6.45, 7) is 9.17. The van der Waals surface area contributed by atoms with E-state index in [4.69, 9.17) is 18.9 Å². The number of ether oxygens (including phenoxy) is 4. The van der Waals surface area contributed by atoms with Gasteiger partial charge in [-0.05, 0) is 69.3 Å². The lowest BCUT2D eigenvalue weighted by molar-refractivity contribution is 0.0482. The summed E-state index contributed by atoms with van der Waals surface area (Å²) in [6.07, 6.45) is 5.97. The lowest BCUT2D eigenvalue weighted by atomic mass is 9.86. The topological polar surface area (TPSA) is 66.3 Å². The molecule has 3 rings (SSSR count). The van der Waals surface area contributed by atoms with E-state index in [0.29, 0.717) is 36.8 Å². The molecule has 1 fully saturated rings. The van der Waals surface area contributed by atoms with E-state index in [0.717, 1.165) is 29.7 Å². The number of hydrogen-bond acceptors (Lipinski definition) is 6. The highest BCUT2D eigenvalue weighted by Crippen LogP contribution is 2.42. The average molecular weight is 414 g/mol. The number of nitrogens with zero attached hydrogens (tertiary/aromatic N) is 1. The minimum atomic E-state index is -0.265. The van der Waals surface area contributed by atoms with Crippen molar-refractivity contribution in [1.29, 1.82) is 0 Å². The van der Waals surface area contributed by atoms with Gasteiger partial charge in [-0.2, -0.15) is 0 Å². The second-order valence-electron chi connectivity index (χ2n) is 8.29. The Hall–Kier alpha value is -2.76. The zero-order valence-corrected chi connectivity index (χ0v) is 18.5. The van der Waals surface area contributed by atoms with E-state index in [9.17, 15) is 4.91 Å². The fourth-order valence-corrected chi connectivity index (χ4v) is 3.90. The molecule has 6 heteroatoms. The van der Waals surface area contributed by atoms with Crippen molar-refractivity contribution >= 4 is 5.69 Å². The first-order valence-corrected chi connectivity index (χ1v) is 10.4. The zero-order valence-electron chi connectivity index (χ0n) is 18.5. The second kappa shape index (κ2) is 9.37. The third kappa shape index (κ3) is 4.86. The standard InChI is InChI=1S/C24H31NO5/c1-6-28-18-7-8-19(21(14-18)25-26)17-13-20-22(27-5)10-12-30-24(3,4)11-9-16(2)23(20)29-15-17/h7-8,10,12,14,17H,6,9,11,13,15H2,1-5H3/b12-10+,22-20+,23-16-. The van der Waals surface area contributed by atoms with Crippen LogP contribution in [0.5, 0.6) is 5.75 Å². The number of methoxy groups -OCH3 is 1. The van der Waals surface area contributed by atoms with E-state index in [-0.39, 0.29) is 11.5 Å². The molecule has 0 bridgehead atoms. The SMILES string of the molecule is CCOc1ccc(C2COC3=C(/C)CCC(C)(C)O/C=C/C(OC)=C\3C2)c(N=O)c1. The Kier molecular flexibility index (Phi) is 6.85. The molecule has 6 nitrogen and oxygen atoms in total. The van der Waals surface area contributed by atoms with Crippen LogP contribution in [0.2, 0.25) is 0 Å². The molecule has 2 aliphatic rings. The number of benzene rings is 1. The van der Waals surface area contributed by atoms with Gasteiger partial charge in [-0.1, -0.05) is 6.07 Å². The number of nitroso groups, excluding NO2 is 1. The maximum absolute atomic E-state index is 11.5. The van der Waals surface area contributed by atoms with Crippen LogP contribution in [0.25, 0.3) is 0 Å². The van der Waals surface area contributed by atoms with E-state index < -0.39 is 0 Å². The molecular formula is C24H31NO5. The largest absolute Gasteiger partial charge is 0.496 e. The lowest BCUT2D eigenvalue weighted by Gasteiger charge is -2.32. The Balaban J connectivity index is 1.99. The smallest absolute Gasteiger partial charge is 0.128 e. The summed E-state index contributed by atoms with van der Waals surface area (Å²) in [5.41, 5.74) is 3.13. The molecule has 0 amide bonds. The molecule has 1 unspecified atom stereocenters. The molecule has 1 saturated heterocycles. The Bertz CT molecular complexity index is 882. The van der Waals surface area contributed by atoms with Crippen molar-refractivity contribution in [1.82, 2.24) is 0 Å². The molecule has 0 aliphatic carbocycles. The third-order valence-corrected chi connectivity index (χ3v) is 5.62. The number of rotatable bonds is 5. The highest BCUT2D eigenvalue weighted by molar-refractivity contribution is 5.54. The minimum Gasteiger partial charge on any atom is -0.496 e. The van der Waals surface area contributed by atoms with Gasteiger partial charge in [0, 0.05) is 23.6 Å². The molecule has 2 heterocycles. The highest BCUT2D eigenvalue weighted by atomic mass is 16.5. The number of hydrogen-bond donors (Lipinski definition) is 0. The minimum absolute atomic E-state index is 0.0150. The van der Waals surface area contributed by atoms with E-state index in [1.165, 1.54) is 5.57 Å². The number of fused-ring (bicyclic) bond motifs is 1. The summed E-state index contributed by atoms with van der Waals surface area (Å²) in [5, 5.41) is 3.24. The van der Waals surface area contributed by atoms with E-state index in [1.54, 1.807) is 19.4 Å². The van der Waals surface area contributed by atoms with Crippen LogP contribution in [0.1, 0.15) is 58.4 Å². The fraction of sp³-hybridized carbons (Fsp3) is 0.500. The van der Waals surface area contributed by atoms with Crippen LogP contribution in [0.3, 0.4) is 0 Å². The molecule has 0 spiro atoms. The summed E-state index contributed by atoms with van der Waals surface area (Å²) < 4.78 is 23.4. The van der Waals surface area contributed by atoms with Crippen LogP contribution < -0.4 is 4.74 Å². The summed E-state index contributed by atoms with van der Waals surface area (Å²) in [6, 6.07) is 5.47. The first-order chi connectivity index (χ1) is 14.4. The molecule has 1 aromatic rings. The number of allylic oxidation sites excluding steroid dienone is 3. The van der Waals surface area contributed by atoms with Crippen molar-refractivity contribution in [3.8, 4) is 5.75 Å². The molecule has 0 N–H and O–H groups in total. The van der Waals surface area contributed by atoms with Crippen LogP contribution >= 0.6 is 0 Å². The van der Waals surface area contributed by atoms with Gasteiger partial charge in [0.05, 0.1) is 26.6 Å². The molecule has 0 aromatic heterocycles. The molecule has 2 aliphatic heterocycles. The van der Waals surface area contributed by atoms with E-state index >= 15 is 0 Å². The van der Waals surface area contributed by atoms with Crippen molar-refractivity contribution in [3.63, 3.8) is 0 Å². The monoisotopic (exact) mass is 413 g/mol. The lowest BCUT2D eigenvalue weighted by Crippen LogP contribution is -2.24. The normalized spacial score (nSPS) is 27.2. The van der Waals surface area contributed by atoms with Gasteiger partial charge >= 0.3 is 0 Å². The summed E-state index contributed by atoms with van der Waals surface area (Å²) in [5.74, 6) is 2.22. The molecule has 1 atom stereocenters. The Labute approximate surface area is 178 Å². The summed E-state index contributed by atoms with van der Waals surface area (Å²) >= 11 is 0. The van der Waals surface area contributed by atoms with Gasteiger partial charge in [-0.25, -0.2) is 0 Å². The van der Waals surface area contributed by atoms with E-state index in [2.05, 4.69) is 25.9 Å². The van der Waals surface area contributed by atoms with Crippen molar-refractivity contribution in [3.05, 3.63) is 63.7 Å². The Morgan fingerprint density at radius 3 is 2.80 bits per heavy atom. The zero-order chi connectivity index (χ0) is 21.7. The quantitative estimate of drug-likeness (QED) is 0.533. The van der Waals surface area contributed by atoms with Crippen molar-refractivity contribution in [2.45, 2.75) is 58.5 Å². The molecule has 0 radical (unpaired) electrons. The average Bonchev–Trinajstić information content (AvgIpc) is 2.74. The van der Waals surface area contributed by atoms with Gasteiger partial charge in [0.1, 0.15) is 28.6 Å². The molecule has 30 heavy (non-hydrogen) atoms. The molecular weight excluding hydrogens is 382 g/mol. The van der Waals surface area contributed by atoms with Crippen molar-refractivity contribution in [2.75, 3.05) is 20.3 Å². The first-order valence-electron chi connectivity index (χ1n) is 10.4. The van der Waals surface area contributed by atoms with Gasteiger partial charge in [0.2, 0.25) is 0 Å². The molecule has 0 saturated carbocycles. The second-order valence-corrected chi connectivity index (χ2v) is 8.29. The van der Waals surface area contributed by atoms with Gasteiger partial charge in [-0.3, -0.25) is 0 Å². The van der Waals surface area contributed by atoms with Gasteiger partial charge in [0.25, 0.3) is 0 Å². The first kappa shape index (κ1) is 21.9. The van der Waals surface area contributed by atoms with Crippen LogP contribution in [-0.4, -0.2) is 25.9 Å².